The zero-order valence-corrected chi connectivity index (χ0v) is 17.3. The Morgan fingerprint density at radius 3 is 2.32 bits per heavy atom. The summed E-state index contributed by atoms with van der Waals surface area (Å²) in [7, 11) is 1.21. The molecule has 12 heteroatoms. The molecule has 0 saturated heterocycles. The van der Waals surface area contributed by atoms with Crippen LogP contribution in [-0.2, 0) is 4.74 Å². The van der Waals surface area contributed by atoms with Crippen LogP contribution in [0, 0.1) is 0 Å². The Kier molecular flexibility index (Phi) is 8.74. The van der Waals surface area contributed by atoms with Crippen LogP contribution in [0.3, 0.4) is 0 Å². The van der Waals surface area contributed by atoms with Crippen LogP contribution in [0.5, 0.6) is 5.75 Å². The number of urea groups is 1. The second-order valence-electron chi connectivity index (χ2n) is 6.43. The number of methoxy groups -OCH3 is 1. The summed E-state index contributed by atoms with van der Waals surface area (Å²) in [6, 6.07) is 6.87. The van der Waals surface area contributed by atoms with Crippen molar-refractivity contribution in [3.8, 4) is 16.2 Å². The Labute approximate surface area is 181 Å². The second-order valence-corrected chi connectivity index (χ2v) is 7.48. The van der Waals surface area contributed by atoms with Gasteiger partial charge in [0.25, 0.3) is 0 Å². The number of anilines is 1. The van der Waals surface area contributed by atoms with Gasteiger partial charge in [-0.2, -0.15) is 0 Å². The molecule has 31 heavy (non-hydrogen) atoms. The Bertz CT molecular complexity index is 887. The maximum absolute atomic E-state index is 11.9. The molecule has 11 nitrogen and oxygen atoms in total. The number of aliphatic hydroxyl groups excluding tert-OH is 5. The fourth-order valence-corrected chi connectivity index (χ4v) is 3.65. The third-order valence-corrected chi connectivity index (χ3v) is 5.38. The zero-order valence-electron chi connectivity index (χ0n) is 16.5. The number of thiophene rings is 1. The van der Waals surface area contributed by atoms with E-state index in [2.05, 4.69) is 5.32 Å². The predicted octanol–water partition coefficient (Wildman–Crippen LogP) is -0.145. The van der Waals surface area contributed by atoms with E-state index in [-0.39, 0.29) is 22.7 Å². The van der Waals surface area contributed by atoms with Crippen molar-refractivity contribution < 1.29 is 44.6 Å². The Morgan fingerprint density at radius 1 is 1.13 bits per heavy atom. The molecule has 0 aliphatic heterocycles. The average molecular weight is 456 g/mol. The maximum atomic E-state index is 11.9. The molecule has 8 N–H and O–H groups in total. The number of hydrogen-bond donors (Lipinski definition) is 7. The van der Waals surface area contributed by atoms with Gasteiger partial charge >= 0.3 is 12.0 Å². The predicted molar refractivity (Wildman–Crippen MR) is 111 cm³/mol. The minimum absolute atomic E-state index is 0.152. The molecule has 0 saturated carbocycles. The number of esters is 1. The van der Waals surface area contributed by atoms with Crippen molar-refractivity contribution in [2.45, 2.75) is 31.0 Å². The largest absolute Gasteiger partial charge is 0.465 e. The summed E-state index contributed by atoms with van der Waals surface area (Å²) in [4.78, 5) is 23.8. The molecule has 4 atom stereocenters. The standard InChI is InChI=1S/C19H24N2O9S/c1-29-18(27)16-11(21-19(20)28)8-13(31-16)9-2-4-10(5-3-9)30-17(26)15(25)14(24)12(23)6-7-22/h2-5,8,12,14-15,17,22-26H,6-7H2,1H3,(H3,20,21,28). The number of carbonyl (C=O) groups is 2. The average Bonchev–Trinajstić information content (AvgIpc) is 3.15. The minimum Gasteiger partial charge on any atom is -0.465 e. The zero-order chi connectivity index (χ0) is 23.1. The van der Waals surface area contributed by atoms with Crippen LogP contribution in [-0.4, -0.2) is 75.9 Å². The highest BCUT2D eigenvalue weighted by Gasteiger charge is 2.31. The van der Waals surface area contributed by atoms with Crippen LogP contribution in [0.25, 0.3) is 10.4 Å². The van der Waals surface area contributed by atoms with Gasteiger partial charge in [-0.05, 0) is 42.3 Å². The summed E-state index contributed by atoms with van der Waals surface area (Å²) in [6.07, 6.45) is -7.00. The molecule has 2 rings (SSSR count). The van der Waals surface area contributed by atoms with Crippen molar-refractivity contribution in [1.29, 1.82) is 0 Å². The van der Waals surface area contributed by atoms with Gasteiger partial charge in [0.15, 0.2) is 0 Å². The molecule has 1 heterocycles. The first-order valence-corrected chi connectivity index (χ1v) is 9.88. The first kappa shape index (κ1) is 24.5. The van der Waals surface area contributed by atoms with E-state index in [0.29, 0.717) is 10.4 Å². The van der Waals surface area contributed by atoms with Crippen molar-refractivity contribution in [2.75, 3.05) is 19.0 Å². The number of nitrogens with one attached hydrogen (secondary N) is 1. The number of amides is 2. The highest BCUT2D eigenvalue weighted by molar-refractivity contribution is 7.18. The number of primary amides is 1. The van der Waals surface area contributed by atoms with E-state index >= 15 is 0 Å². The Morgan fingerprint density at radius 2 is 1.77 bits per heavy atom. The summed E-state index contributed by atoms with van der Waals surface area (Å²) in [5.41, 5.74) is 5.98. The van der Waals surface area contributed by atoms with Crippen LogP contribution >= 0.6 is 11.3 Å². The molecule has 1 aromatic heterocycles. The molecule has 0 spiro atoms. The number of rotatable bonds is 10. The van der Waals surface area contributed by atoms with Crippen LogP contribution in [0.2, 0.25) is 0 Å². The quantitative estimate of drug-likeness (QED) is 0.188. The van der Waals surface area contributed by atoms with Gasteiger partial charge in [-0.1, -0.05) is 0 Å². The fourth-order valence-electron chi connectivity index (χ4n) is 2.61. The lowest BCUT2D eigenvalue weighted by molar-refractivity contribution is -0.166. The lowest BCUT2D eigenvalue weighted by Crippen LogP contribution is -2.46. The van der Waals surface area contributed by atoms with Crippen molar-refractivity contribution in [3.05, 3.63) is 35.2 Å². The third-order valence-electron chi connectivity index (χ3n) is 4.22. The number of benzene rings is 1. The smallest absolute Gasteiger partial charge is 0.350 e. The van der Waals surface area contributed by atoms with Gasteiger partial charge in [-0.15, -0.1) is 11.3 Å². The molecular formula is C19H24N2O9S. The van der Waals surface area contributed by atoms with E-state index in [1.807, 2.05) is 0 Å². The molecule has 0 radical (unpaired) electrons. The van der Waals surface area contributed by atoms with Crippen molar-refractivity contribution in [2.24, 2.45) is 5.73 Å². The van der Waals surface area contributed by atoms with Crippen LogP contribution in [0.4, 0.5) is 10.5 Å². The van der Waals surface area contributed by atoms with E-state index in [0.717, 1.165) is 11.3 Å². The molecule has 0 fully saturated rings. The number of ether oxygens (including phenoxy) is 2. The number of hydrogen-bond acceptors (Lipinski definition) is 10. The van der Waals surface area contributed by atoms with E-state index in [1.54, 1.807) is 18.2 Å². The first-order valence-electron chi connectivity index (χ1n) is 9.06. The van der Waals surface area contributed by atoms with Gasteiger partial charge in [-0.25, -0.2) is 9.59 Å². The van der Waals surface area contributed by atoms with Crippen LogP contribution in [0.1, 0.15) is 16.1 Å². The van der Waals surface area contributed by atoms with Crippen LogP contribution < -0.4 is 15.8 Å². The normalized spacial score (nSPS) is 14.9. The fraction of sp³-hybridized carbons (Fsp3) is 0.368. The van der Waals surface area contributed by atoms with Crippen molar-refractivity contribution in [1.82, 2.24) is 0 Å². The summed E-state index contributed by atoms with van der Waals surface area (Å²) in [5.74, 6) is -0.488. The van der Waals surface area contributed by atoms with E-state index < -0.39 is 43.2 Å². The van der Waals surface area contributed by atoms with Crippen LogP contribution in [0.15, 0.2) is 30.3 Å². The van der Waals surface area contributed by atoms with Crippen molar-refractivity contribution >= 4 is 29.0 Å². The number of nitrogens with two attached hydrogens (primary N) is 1. The maximum Gasteiger partial charge on any atom is 0.350 e. The second kappa shape index (κ2) is 11.0. The monoisotopic (exact) mass is 456 g/mol. The van der Waals surface area contributed by atoms with E-state index in [1.165, 1.54) is 19.2 Å². The topological polar surface area (TPSA) is 192 Å². The molecule has 4 unspecified atom stereocenters. The van der Waals surface area contributed by atoms with Gasteiger partial charge in [0.2, 0.25) is 6.29 Å². The summed E-state index contributed by atoms with van der Waals surface area (Å²) in [5, 5.41) is 50.4. The first-order chi connectivity index (χ1) is 14.7. The molecular weight excluding hydrogens is 432 g/mol. The summed E-state index contributed by atoms with van der Waals surface area (Å²) < 4.78 is 9.88. The highest BCUT2D eigenvalue weighted by Crippen LogP contribution is 2.36. The summed E-state index contributed by atoms with van der Waals surface area (Å²) in [6.45, 7) is -0.402. The van der Waals surface area contributed by atoms with E-state index in [9.17, 15) is 30.0 Å². The molecule has 1 aromatic carbocycles. The SMILES string of the molecule is COC(=O)c1sc(-c2ccc(OC(O)C(O)C(O)C(O)CCO)cc2)cc1NC(N)=O. The molecule has 2 amide bonds. The van der Waals surface area contributed by atoms with Crippen molar-refractivity contribution in [3.63, 3.8) is 0 Å². The summed E-state index contributed by atoms with van der Waals surface area (Å²) >= 11 is 1.07. The van der Waals surface area contributed by atoms with Gasteiger partial charge in [-0.3, -0.25) is 0 Å². The third kappa shape index (κ3) is 6.37. The van der Waals surface area contributed by atoms with Gasteiger partial charge in [0, 0.05) is 11.5 Å². The van der Waals surface area contributed by atoms with E-state index in [4.69, 9.17) is 20.3 Å². The number of carbonyl (C=O) groups excluding carboxylic acids is 2. The molecule has 0 bridgehead atoms. The Balaban J connectivity index is 2.14. The Hall–Kier alpha value is -2.74. The number of aliphatic hydroxyl groups is 5. The lowest BCUT2D eigenvalue weighted by atomic mass is 10.1. The highest BCUT2D eigenvalue weighted by atomic mass is 32.1. The minimum atomic E-state index is -1.84. The molecule has 170 valence electrons. The molecule has 2 aromatic rings. The van der Waals surface area contributed by atoms with Gasteiger partial charge in [0.1, 0.15) is 22.8 Å². The van der Waals surface area contributed by atoms with Gasteiger partial charge < -0.3 is 46.1 Å². The van der Waals surface area contributed by atoms with Gasteiger partial charge in [0.05, 0.1) is 18.9 Å². The molecule has 0 aliphatic rings. The lowest BCUT2D eigenvalue weighted by Gasteiger charge is -2.26. The molecule has 0 aliphatic carbocycles.